The first-order valence-corrected chi connectivity index (χ1v) is 10.8. The van der Waals surface area contributed by atoms with E-state index in [1.54, 1.807) is 0 Å². The maximum atomic E-state index is 13.1. The molecule has 2 aromatic rings. The van der Waals surface area contributed by atoms with Crippen LogP contribution in [0.4, 0.5) is 13.2 Å². The molecule has 2 aromatic carbocycles. The number of hydrogen-bond donors (Lipinski definition) is 1. The Bertz CT molecular complexity index is 859. The van der Waals surface area contributed by atoms with E-state index in [0.717, 1.165) is 29.9 Å². The zero-order chi connectivity index (χ0) is 23.2. The number of β-amino-alcohol motifs (C(OH)–C–C–N with tert-alkyl or cyclic N) is 1. The van der Waals surface area contributed by atoms with E-state index in [4.69, 9.17) is 14.2 Å². The summed E-state index contributed by atoms with van der Waals surface area (Å²) in [5, 5.41) is 11.0. The Hall–Kier alpha value is -2.13. The van der Waals surface area contributed by atoms with Crippen LogP contribution >= 0.6 is 0 Å². The normalized spacial score (nSPS) is 20.8. The first kappa shape index (κ1) is 24.5. The van der Waals surface area contributed by atoms with Crippen LogP contribution in [-0.2, 0) is 27.9 Å². The highest BCUT2D eigenvalue weighted by atomic mass is 19.4. The van der Waals surface area contributed by atoms with Crippen molar-refractivity contribution in [3.63, 3.8) is 0 Å². The van der Waals surface area contributed by atoms with Gasteiger partial charge in [-0.2, -0.15) is 13.2 Å². The van der Waals surface area contributed by atoms with Crippen LogP contribution in [0.3, 0.4) is 0 Å². The fourth-order valence-corrected chi connectivity index (χ4v) is 3.78. The molecule has 1 aliphatic heterocycles. The lowest BCUT2D eigenvalue weighted by molar-refractivity contribution is -0.252. The Kier molecular flexibility index (Phi) is 8.16. The van der Waals surface area contributed by atoms with Crippen LogP contribution in [-0.4, -0.2) is 55.6 Å². The second-order valence-corrected chi connectivity index (χ2v) is 7.92. The highest BCUT2D eigenvalue weighted by Crippen LogP contribution is 2.34. The van der Waals surface area contributed by atoms with Gasteiger partial charge in [0.25, 0.3) is 0 Å². The Morgan fingerprint density at radius 3 is 2.59 bits per heavy atom. The first-order chi connectivity index (χ1) is 15.2. The van der Waals surface area contributed by atoms with E-state index in [9.17, 15) is 18.3 Å². The monoisotopic (exact) mass is 453 g/mol. The lowest BCUT2D eigenvalue weighted by Gasteiger charge is -2.42. The van der Waals surface area contributed by atoms with Crippen LogP contribution in [0.25, 0.3) is 0 Å². The molecule has 0 amide bonds. The molecule has 0 radical (unpaired) electrons. The maximum Gasteiger partial charge on any atom is 0.416 e. The molecule has 0 aromatic heterocycles. The largest absolute Gasteiger partial charge is 0.491 e. The molecule has 2 atom stereocenters. The summed E-state index contributed by atoms with van der Waals surface area (Å²) in [6.07, 6.45) is -3.76. The number of morpholine rings is 1. The van der Waals surface area contributed by atoms with Crippen LogP contribution in [0, 0.1) is 0 Å². The van der Waals surface area contributed by atoms with Gasteiger partial charge >= 0.3 is 6.18 Å². The lowest BCUT2D eigenvalue weighted by atomic mass is 9.99. The van der Waals surface area contributed by atoms with Crippen molar-refractivity contribution >= 4 is 0 Å². The number of ether oxygens (including phenoxy) is 3. The molecule has 1 heterocycles. The van der Waals surface area contributed by atoms with Crippen LogP contribution in [0.5, 0.6) is 5.75 Å². The Morgan fingerprint density at radius 1 is 1.16 bits per heavy atom. The van der Waals surface area contributed by atoms with Crippen LogP contribution in [0.2, 0.25) is 0 Å². The van der Waals surface area contributed by atoms with Gasteiger partial charge in [-0.05, 0) is 50.1 Å². The van der Waals surface area contributed by atoms with Crippen molar-refractivity contribution in [2.75, 3.05) is 39.5 Å². The molecule has 1 saturated heterocycles. The van der Waals surface area contributed by atoms with Gasteiger partial charge in [0.1, 0.15) is 12.4 Å². The molecular weight excluding hydrogens is 423 g/mol. The van der Waals surface area contributed by atoms with Gasteiger partial charge in [-0.15, -0.1) is 0 Å². The van der Waals surface area contributed by atoms with Gasteiger partial charge in [-0.3, -0.25) is 4.90 Å². The second-order valence-electron chi connectivity index (χ2n) is 7.92. The fourth-order valence-electron chi connectivity index (χ4n) is 3.78. The van der Waals surface area contributed by atoms with Gasteiger partial charge in [0.2, 0.25) is 5.79 Å². The summed E-state index contributed by atoms with van der Waals surface area (Å²) in [5.41, 5.74) is 0.405. The number of alkyl halides is 3. The summed E-state index contributed by atoms with van der Waals surface area (Å²) in [5.74, 6) is -1.02. The van der Waals surface area contributed by atoms with E-state index < -0.39 is 17.5 Å². The molecule has 5 nitrogen and oxygen atoms in total. The third-order valence-electron chi connectivity index (χ3n) is 5.56. The molecule has 0 bridgehead atoms. The summed E-state index contributed by atoms with van der Waals surface area (Å²) >= 11 is 0. The standard InChI is InChI=1S/C24H30F3NO4/c1-3-30-13-14-31-22-9-7-19(8-10-22)15-18(2)28-11-12-32-23(29,17-28)20-5-4-6-21(16-20)24(25,26)27/h4-10,16,18,29H,3,11-15,17H2,1-2H3. The minimum Gasteiger partial charge on any atom is -0.491 e. The topological polar surface area (TPSA) is 51.2 Å². The third kappa shape index (κ3) is 6.45. The molecule has 1 N–H and O–H groups in total. The second kappa shape index (κ2) is 10.7. The summed E-state index contributed by atoms with van der Waals surface area (Å²) < 4.78 is 55.7. The summed E-state index contributed by atoms with van der Waals surface area (Å²) in [6, 6.07) is 12.6. The van der Waals surface area contributed by atoms with Gasteiger partial charge in [-0.1, -0.05) is 24.3 Å². The van der Waals surface area contributed by atoms with Crippen LogP contribution in [0.1, 0.15) is 30.5 Å². The van der Waals surface area contributed by atoms with Crippen molar-refractivity contribution in [1.29, 1.82) is 0 Å². The van der Waals surface area contributed by atoms with Gasteiger partial charge in [-0.25, -0.2) is 0 Å². The number of nitrogens with zero attached hydrogens (tertiary/aromatic N) is 1. The predicted octanol–water partition coefficient (Wildman–Crippen LogP) is 4.23. The highest BCUT2D eigenvalue weighted by Gasteiger charge is 2.39. The summed E-state index contributed by atoms with van der Waals surface area (Å²) in [7, 11) is 0. The minimum atomic E-state index is -4.48. The Morgan fingerprint density at radius 2 is 1.91 bits per heavy atom. The Labute approximate surface area is 186 Å². The van der Waals surface area contributed by atoms with Crippen LogP contribution < -0.4 is 4.74 Å². The van der Waals surface area contributed by atoms with Crippen LogP contribution in [0.15, 0.2) is 48.5 Å². The van der Waals surface area contributed by atoms with Crippen molar-refractivity contribution in [3.8, 4) is 5.75 Å². The van der Waals surface area contributed by atoms with E-state index in [0.29, 0.717) is 26.4 Å². The third-order valence-corrected chi connectivity index (χ3v) is 5.56. The predicted molar refractivity (Wildman–Crippen MR) is 114 cm³/mol. The number of rotatable bonds is 9. The number of hydrogen-bond acceptors (Lipinski definition) is 5. The van der Waals surface area contributed by atoms with Gasteiger partial charge in [0.15, 0.2) is 0 Å². The lowest BCUT2D eigenvalue weighted by Crippen LogP contribution is -2.53. The molecule has 1 fully saturated rings. The average molecular weight is 454 g/mol. The van der Waals surface area contributed by atoms with Crippen molar-refractivity contribution < 1.29 is 32.5 Å². The van der Waals surface area contributed by atoms with Crippen molar-refractivity contribution in [1.82, 2.24) is 4.90 Å². The Balaban J connectivity index is 1.61. The zero-order valence-corrected chi connectivity index (χ0v) is 18.4. The molecule has 0 saturated carbocycles. The van der Waals surface area contributed by atoms with Gasteiger partial charge in [0.05, 0.1) is 25.3 Å². The number of halogens is 3. The molecule has 0 aliphatic carbocycles. The van der Waals surface area contributed by atoms with Crippen molar-refractivity contribution in [3.05, 3.63) is 65.2 Å². The quantitative estimate of drug-likeness (QED) is 0.576. The average Bonchev–Trinajstić information content (AvgIpc) is 2.77. The molecular formula is C24H30F3NO4. The van der Waals surface area contributed by atoms with Crippen molar-refractivity contribution in [2.24, 2.45) is 0 Å². The molecule has 0 spiro atoms. The zero-order valence-electron chi connectivity index (χ0n) is 18.4. The fraction of sp³-hybridized carbons (Fsp3) is 0.500. The smallest absolute Gasteiger partial charge is 0.416 e. The molecule has 8 heteroatoms. The molecule has 2 unspecified atom stereocenters. The molecule has 176 valence electrons. The number of benzene rings is 2. The SMILES string of the molecule is CCOCCOc1ccc(CC(C)N2CCOC(O)(c3cccc(C(F)(F)F)c3)C2)cc1. The van der Waals surface area contributed by atoms with Gasteiger partial charge in [0, 0.05) is 24.8 Å². The van der Waals surface area contributed by atoms with E-state index in [-0.39, 0.29) is 24.8 Å². The van der Waals surface area contributed by atoms with E-state index in [1.807, 2.05) is 43.0 Å². The minimum absolute atomic E-state index is 0.0564. The molecule has 1 aliphatic rings. The van der Waals surface area contributed by atoms with E-state index in [2.05, 4.69) is 0 Å². The molecule has 3 rings (SSSR count). The van der Waals surface area contributed by atoms with E-state index in [1.165, 1.54) is 12.1 Å². The highest BCUT2D eigenvalue weighted by molar-refractivity contribution is 5.30. The summed E-state index contributed by atoms with van der Waals surface area (Å²) in [6.45, 7) is 6.56. The van der Waals surface area contributed by atoms with Gasteiger partial charge < -0.3 is 19.3 Å². The summed E-state index contributed by atoms with van der Waals surface area (Å²) in [4.78, 5) is 2.04. The van der Waals surface area contributed by atoms with Crippen molar-refractivity contribution in [2.45, 2.75) is 38.3 Å². The first-order valence-electron chi connectivity index (χ1n) is 10.8. The number of aliphatic hydroxyl groups is 1. The maximum absolute atomic E-state index is 13.1. The molecule has 32 heavy (non-hydrogen) atoms. The van der Waals surface area contributed by atoms with E-state index >= 15 is 0 Å².